The highest BCUT2D eigenvalue weighted by molar-refractivity contribution is 9.08. The van der Waals surface area contributed by atoms with Crippen molar-refractivity contribution in [1.29, 1.82) is 5.26 Å². The van der Waals surface area contributed by atoms with Gasteiger partial charge in [0.15, 0.2) is 0 Å². The lowest BCUT2D eigenvalue weighted by Gasteiger charge is -2.09. The number of hydrogen-bond donors (Lipinski definition) is 1. The standard InChI is InChI=1S/C12H12BrNO2/c1-2-8-3-10(6-13)9(5-12(15)16)4-11(8)7-14/h3-4H,2,5-6H2,1H3,(H,15,16). The monoisotopic (exact) mass is 281 g/mol. The number of aliphatic carboxylic acids is 1. The molecular weight excluding hydrogens is 270 g/mol. The fourth-order valence-electron chi connectivity index (χ4n) is 1.59. The van der Waals surface area contributed by atoms with Crippen LogP contribution in [0.2, 0.25) is 0 Å². The van der Waals surface area contributed by atoms with Crippen LogP contribution in [0.5, 0.6) is 0 Å². The molecule has 0 atom stereocenters. The van der Waals surface area contributed by atoms with Crippen LogP contribution in [0, 0.1) is 11.3 Å². The van der Waals surface area contributed by atoms with E-state index in [0.717, 1.165) is 17.5 Å². The van der Waals surface area contributed by atoms with Crippen LogP contribution in [0.4, 0.5) is 0 Å². The van der Waals surface area contributed by atoms with E-state index in [1.807, 2.05) is 13.0 Å². The normalized spacial score (nSPS) is 9.81. The van der Waals surface area contributed by atoms with Crippen molar-refractivity contribution in [1.82, 2.24) is 0 Å². The van der Waals surface area contributed by atoms with Gasteiger partial charge < -0.3 is 5.11 Å². The van der Waals surface area contributed by atoms with Crippen molar-refractivity contribution in [2.45, 2.75) is 25.1 Å². The molecule has 0 saturated heterocycles. The molecule has 4 heteroatoms. The van der Waals surface area contributed by atoms with Crippen molar-refractivity contribution in [2.24, 2.45) is 0 Å². The van der Waals surface area contributed by atoms with E-state index in [4.69, 9.17) is 10.4 Å². The Kier molecular flexibility index (Phi) is 4.51. The van der Waals surface area contributed by atoms with E-state index in [1.54, 1.807) is 6.07 Å². The number of nitriles is 1. The Balaban J connectivity index is 3.27. The summed E-state index contributed by atoms with van der Waals surface area (Å²) in [5.74, 6) is -0.879. The molecule has 0 bridgehead atoms. The van der Waals surface area contributed by atoms with Crippen LogP contribution in [-0.2, 0) is 23.0 Å². The molecule has 0 aliphatic rings. The highest BCUT2D eigenvalue weighted by Gasteiger charge is 2.10. The molecule has 0 aliphatic heterocycles. The summed E-state index contributed by atoms with van der Waals surface area (Å²) >= 11 is 3.33. The minimum atomic E-state index is -0.879. The Morgan fingerprint density at radius 3 is 2.56 bits per heavy atom. The zero-order valence-corrected chi connectivity index (χ0v) is 10.5. The van der Waals surface area contributed by atoms with E-state index in [1.165, 1.54) is 0 Å². The maximum absolute atomic E-state index is 10.7. The number of carboxylic acids is 1. The van der Waals surface area contributed by atoms with Crippen molar-refractivity contribution in [3.63, 3.8) is 0 Å². The predicted octanol–water partition coefficient (Wildman–Crippen LogP) is 2.64. The summed E-state index contributed by atoms with van der Waals surface area (Å²) in [5.41, 5.74) is 3.19. The van der Waals surface area contributed by atoms with Gasteiger partial charge in [0.25, 0.3) is 0 Å². The molecule has 0 fully saturated rings. The number of aryl methyl sites for hydroxylation is 1. The minimum Gasteiger partial charge on any atom is -0.481 e. The number of carboxylic acid groups (broad SMARTS) is 1. The lowest BCUT2D eigenvalue weighted by atomic mass is 9.96. The molecule has 3 nitrogen and oxygen atoms in total. The van der Waals surface area contributed by atoms with Crippen molar-refractivity contribution in [2.75, 3.05) is 0 Å². The summed E-state index contributed by atoms with van der Waals surface area (Å²) < 4.78 is 0. The molecule has 1 N–H and O–H groups in total. The zero-order chi connectivity index (χ0) is 12.1. The third-order valence-corrected chi connectivity index (χ3v) is 3.02. The molecule has 0 aliphatic carbocycles. The molecule has 0 aromatic heterocycles. The van der Waals surface area contributed by atoms with Crippen LogP contribution < -0.4 is 0 Å². The Labute approximate surface area is 103 Å². The first-order valence-corrected chi connectivity index (χ1v) is 6.07. The van der Waals surface area contributed by atoms with Crippen LogP contribution in [0.3, 0.4) is 0 Å². The molecule has 0 saturated carbocycles. The Hall–Kier alpha value is -1.34. The summed E-state index contributed by atoms with van der Waals surface area (Å²) in [7, 11) is 0. The van der Waals surface area contributed by atoms with Gasteiger partial charge in [-0.05, 0) is 29.2 Å². The lowest BCUT2D eigenvalue weighted by molar-refractivity contribution is -0.136. The van der Waals surface area contributed by atoms with E-state index in [-0.39, 0.29) is 6.42 Å². The zero-order valence-electron chi connectivity index (χ0n) is 8.96. The maximum Gasteiger partial charge on any atom is 0.307 e. The summed E-state index contributed by atoms with van der Waals surface area (Å²) in [4.78, 5) is 10.7. The fraction of sp³-hybridized carbons (Fsp3) is 0.333. The van der Waals surface area contributed by atoms with E-state index in [2.05, 4.69) is 22.0 Å². The van der Waals surface area contributed by atoms with Crippen molar-refractivity contribution < 1.29 is 9.90 Å². The molecule has 84 valence electrons. The first-order valence-electron chi connectivity index (χ1n) is 4.94. The average Bonchev–Trinajstić information content (AvgIpc) is 2.27. The molecule has 0 unspecified atom stereocenters. The maximum atomic E-state index is 10.7. The van der Waals surface area contributed by atoms with Gasteiger partial charge in [0, 0.05) is 5.33 Å². The van der Waals surface area contributed by atoms with Crippen molar-refractivity contribution in [3.8, 4) is 6.07 Å². The first kappa shape index (κ1) is 12.7. The minimum absolute atomic E-state index is 0.0421. The highest BCUT2D eigenvalue weighted by atomic mass is 79.9. The van der Waals surface area contributed by atoms with Crippen LogP contribution in [0.25, 0.3) is 0 Å². The van der Waals surface area contributed by atoms with Gasteiger partial charge >= 0.3 is 5.97 Å². The SMILES string of the molecule is CCc1cc(CBr)c(CC(=O)O)cc1C#N. The second-order valence-electron chi connectivity index (χ2n) is 3.45. The number of alkyl halides is 1. The number of nitrogens with zero attached hydrogens (tertiary/aromatic N) is 1. The van der Waals surface area contributed by atoms with Gasteiger partial charge in [0.2, 0.25) is 0 Å². The molecule has 0 amide bonds. The average molecular weight is 282 g/mol. The fourth-order valence-corrected chi connectivity index (χ4v) is 2.11. The number of halogens is 1. The molecular formula is C12H12BrNO2. The Morgan fingerprint density at radius 1 is 1.44 bits per heavy atom. The van der Waals surface area contributed by atoms with Gasteiger partial charge in [0.1, 0.15) is 0 Å². The number of rotatable bonds is 4. The summed E-state index contributed by atoms with van der Waals surface area (Å²) in [6.45, 7) is 1.98. The Morgan fingerprint density at radius 2 is 2.12 bits per heavy atom. The molecule has 0 heterocycles. The van der Waals surface area contributed by atoms with Crippen LogP contribution in [-0.4, -0.2) is 11.1 Å². The highest BCUT2D eigenvalue weighted by Crippen LogP contribution is 2.20. The van der Waals surface area contributed by atoms with Gasteiger partial charge in [-0.15, -0.1) is 0 Å². The van der Waals surface area contributed by atoms with Gasteiger partial charge in [-0.1, -0.05) is 28.9 Å². The molecule has 1 aromatic carbocycles. The summed E-state index contributed by atoms with van der Waals surface area (Å²) in [5, 5.41) is 18.3. The van der Waals surface area contributed by atoms with Crippen molar-refractivity contribution >= 4 is 21.9 Å². The van der Waals surface area contributed by atoms with Crippen molar-refractivity contribution in [3.05, 3.63) is 34.4 Å². The smallest absolute Gasteiger partial charge is 0.307 e. The van der Waals surface area contributed by atoms with Gasteiger partial charge in [-0.2, -0.15) is 5.26 Å². The van der Waals surface area contributed by atoms with E-state index >= 15 is 0 Å². The van der Waals surface area contributed by atoms with Gasteiger partial charge in [-0.25, -0.2) is 0 Å². The van der Waals surface area contributed by atoms with Crippen LogP contribution in [0.1, 0.15) is 29.2 Å². The van der Waals surface area contributed by atoms with Gasteiger partial charge in [0.05, 0.1) is 18.1 Å². The molecule has 16 heavy (non-hydrogen) atoms. The number of carbonyl (C=O) groups is 1. The summed E-state index contributed by atoms with van der Waals surface area (Å²) in [6.07, 6.45) is 0.732. The van der Waals surface area contributed by atoms with E-state index in [0.29, 0.717) is 16.5 Å². The predicted molar refractivity (Wildman–Crippen MR) is 64.5 cm³/mol. The first-order chi connectivity index (χ1) is 7.62. The largest absolute Gasteiger partial charge is 0.481 e. The Bertz CT molecular complexity index is 449. The molecule has 0 radical (unpaired) electrons. The topological polar surface area (TPSA) is 61.1 Å². The van der Waals surface area contributed by atoms with Crippen LogP contribution >= 0.6 is 15.9 Å². The summed E-state index contributed by atoms with van der Waals surface area (Å²) in [6, 6.07) is 5.70. The lowest BCUT2D eigenvalue weighted by Crippen LogP contribution is -2.05. The second kappa shape index (κ2) is 5.66. The van der Waals surface area contributed by atoms with Gasteiger partial charge in [-0.3, -0.25) is 4.79 Å². The van der Waals surface area contributed by atoms with E-state index in [9.17, 15) is 4.79 Å². The quantitative estimate of drug-likeness (QED) is 0.863. The second-order valence-corrected chi connectivity index (χ2v) is 4.01. The number of benzene rings is 1. The number of hydrogen-bond acceptors (Lipinski definition) is 2. The third kappa shape index (κ3) is 2.83. The molecule has 1 rings (SSSR count). The molecule has 1 aromatic rings. The molecule has 0 spiro atoms. The third-order valence-electron chi connectivity index (χ3n) is 2.41. The van der Waals surface area contributed by atoms with Crippen LogP contribution in [0.15, 0.2) is 12.1 Å². The van der Waals surface area contributed by atoms with E-state index < -0.39 is 5.97 Å².